The predicted molar refractivity (Wildman–Crippen MR) is 66.1 cm³/mol. The van der Waals surface area contributed by atoms with E-state index in [4.69, 9.17) is 0 Å². The maximum Gasteiger partial charge on any atom is 0.274 e. The number of carbonyl (C=O) groups is 1. The van der Waals surface area contributed by atoms with Gasteiger partial charge in [-0.25, -0.2) is 0 Å². The van der Waals surface area contributed by atoms with Crippen molar-refractivity contribution in [2.24, 2.45) is 4.99 Å². The molecular weight excluding hydrogens is 200 g/mol. The van der Waals surface area contributed by atoms with Gasteiger partial charge < -0.3 is 5.32 Å². The highest BCUT2D eigenvalue weighted by Gasteiger charge is 2.25. The van der Waals surface area contributed by atoms with Gasteiger partial charge in [-0.15, -0.1) is 0 Å². The fraction of sp³-hybridized carbons (Fsp3) is 0.385. The van der Waals surface area contributed by atoms with E-state index in [2.05, 4.69) is 17.2 Å². The monoisotopic (exact) mass is 216 g/mol. The van der Waals surface area contributed by atoms with Crippen LogP contribution < -0.4 is 5.32 Å². The van der Waals surface area contributed by atoms with E-state index in [0.717, 1.165) is 23.2 Å². The molecule has 1 aromatic carbocycles. The predicted octanol–water partition coefficient (Wildman–Crippen LogP) is 2.53. The molecule has 1 aliphatic rings. The molecule has 0 radical (unpaired) electrons. The molecular formula is C13H16N2O. The molecule has 1 heterocycles. The van der Waals surface area contributed by atoms with Crippen LogP contribution in [0.1, 0.15) is 31.4 Å². The van der Waals surface area contributed by atoms with Crippen LogP contribution in [0.5, 0.6) is 0 Å². The topological polar surface area (TPSA) is 41.5 Å². The SMILES string of the molecule is CC[C@@H](C)N=C1C(=O)Nc2ccc(C)cc21. The van der Waals surface area contributed by atoms with Gasteiger partial charge in [-0.1, -0.05) is 18.6 Å². The van der Waals surface area contributed by atoms with E-state index in [-0.39, 0.29) is 11.9 Å². The molecule has 0 saturated carbocycles. The van der Waals surface area contributed by atoms with Crippen LogP contribution in [-0.4, -0.2) is 17.7 Å². The minimum atomic E-state index is -0.0825. The van der Waals surface area contributed by atoms with Gasteiger partial charge in [0.2, 0.25) is 0 Å². The molecule has 0 spiro atoms. The number of fused-ring (bicyclic) bond motifs is 1. The van der Waals surface area contributed by atoms with Crippen molar-refractivity contribution in [2.75, 3.05) is 5.32 Å². The van der Waals surface area contributed by atoms with Gasteiger partial charge in [0, 0.05) is 11.6 Å². The third-order valence-electron chi connectivity index (χ3n) is 2.83. The highest BCUT2D eigenvalue weighted by molar-refractivity contribution is 6.53. The maximum absolute atomic E-state index is 11.8. The van der Waals surface area contributed by atoms with Crippen LogP contribution in [0.2, 0.25) is 0 Å². The summed E-state index contributed by atoms with van der Waals surface area (Å²) in [7, 11) is 0. The number of amides is 1. The summed E-state index contributed by atoms with van der Waals surface area (Å²) in [4.78, 5) is 16.2. The molecule has 0 saturated heterocycles. The summed E-state index contributed by atoms with van der Waals surface area (Å²) < 4.78 is 0. The summed E-state index contributed by atoms with van der Waals surface area (Å²) in [6.07, 6.45) is 0.942. The number of rotatable bonds is 2. The Bertz CT molecular complexity index is 463. The molecule has 1 aliphatic heterocycles. The van der Waals surface area contributed by atoms with Crippen LogP contribution in [0, 0.1) is 6.92 Å². The summed E-state index contributed by atoms with van der Waals surface area (Å²) in [5.41, 5.74) is 3.53. The molecule has 1 aromatic rings. The second kappa shape index (κ2) is 4.08. The summed E-state index contributed by atoms with van der Waals surface area (Å²) in [5.74, 6) is -0.0825. The Morgan fingerprint density at radius 2 is 2.19 bits per heavy atom. The maximum atomic E-state index is 11.8. The van der Waals surface area contributed by atoms with Gasteiger partial charge >= 0.3 is 0 Å². The molecule has 1 N–H and O–H groups in total. The smallest absolute Gasteiger partial charge is 0.274 e. The van der Waals surface area contributed by atoms with Gasteiger partial charge in [0.05, 0.1) is 5.69 Å². The Morgan fingerprint density at radius 3 is 2.88 bits per heavy atom. The van der Waals surface area contributed by atoms with Crippen LogP contribution in [-0.2, 0) is 4.79 Å². The van der Waals surface area contributed by atoms with Crippen LogP contribution in [0.3, 0.4) is 0 Å². The van der Waals surface area contributed by atoms with Gasteiger partial charge in [0.1, 0.15) is 5.71 Å². The normalized spacial score (nSPS) is 18.4. The number of aryl methyl sites for hydroxylation is 1. The van der Waals surface area contributed by atoms with Crippen molar-refractivity contribution in [1.82, 2.24) is 0 Å². The van der Waals surface area contributed by atoms with Crippen molar-refractivity contribution in [3.8, 4) is 0 Å². The summed E-state index contributed by atoms with van der Waals surface area (Å²) in [5, 5.41) is 2.83. The quantitative estimate of drug-likeness (QED) is 0.811. The number of nitrogens with one attached hydrogen (secondary N) is 1. The Kier molecular flexibility index (Phi) is 2.77. The molecule has 2 rings (SSSR count). The number of anilines is 1. The fourth-order valence-corrected chi connectivity index (χ4v) is 1.71. The Hall–Kier alpha value is -1.64. The van der Waals surface area contributed by atoms with E-state index in [1.807, 2.05) is 32.0 Å². The van der Waals surface area contributed by atoms with E-state index in [1.165, 1.54) is 0 Å². The number of benzene rings is 1. The third-order valence-corrected chi connectivity index (χ3v) is 2.83. The second-order valence-electron chi connectivity index (χ2n) is 4.24. The van der Waals surface area contributed by atoms with Crippen molar-refractivity contribution < 1.29 is 4.79 Å². The lowest BCUT2D eigenvalue weighted by molar-refractivity contribution is -0.110. The molecule has 0 aliphatic carbocycles. The lowest BCUT2D eigenvalue weighted by atomic mass is 10.1. The zero-order valence-electron chi connectivity index (χ0n) is 9.87. The zero-order valence-corrected chi connectivity index (χ0v) is 9.87. The van der Waals surface area contributed by atoms with Gasteiger partial charge in [0.15, 0.2) is 0 Å². The first-order valence-electron chi connectivity index (χ1n) is 5.62. The highest BCUT2D eigenvalue weighted by Crippen LogP contribution is 2.24. The van der Waals surface area contributed by atoms with Crippen molar-refractivity contribution in [2.45, 2.75) is 33.2 Å². The number of carbonyl (C=O) groups excluding carboxylic acids is 1. The first kappa shape index (κ1) is 10.9. The van der Waals surface area contributed by atoms with E-state index in [0.29, 0.717) is 5.71 Å². The Morgan fingerprint density at radius 1 is 1.44 bits per heavy atom. The van der Waals surface area contributed by atoms with Crippen molar-refractivity contribution >= 4 is 17.3 Å². The van der Waals surface area contributed by atoms with Crippen molar-refractivity contribution in [3.63, 3.8) is 0 Å². The zero-order chi connectivity index (χ0) is 11.7. The largest absolute Gasteiger partial charge is 0.320 e. The third kappa shape index (κ3) is 1.85. The molecule has 3 nitrogen and oxygen atoms in total. The number of aliphatic imine (C=N–C) groups is 1. The molecule has 0 aromatic heterocycles. The lowest BCUT2D eigenvalue weighted by Gasteiger charge is -2.03. The van der Waals surface area contributed by atoms with E-state index >= 15 is 0 Å². The average molecular weight is 216 g/mol. The van der Waals surface area contributed by atoms with Crippen molar-refractivity contribution in [1.29, 1.82) is 0 Å². The minimum Gasteiger partial charge on any atom is -0.320 e. The summed E-state index contributed by atoms with van der Waals surface area (Å²) >= 11 is 0. The van der Waals surface area contributed by atoms with E-state index < -0.39 is 0 Å². The van der Waals surface area contributed by atoms with Crippen LogP contribution in [0.25, 0.3) is 0 Å². The molecule has 16 heavy (non-hydrogen) atoms. The first-order valence-corrected chi connectivity index (χ1v) is 5.62. The number of nitrogens with zero attached hydrogens (tertiary/aromatic N) is 1. The van der Waals surface area contributed by atoms with Crippen LogP contribution >= 0.6 is 0 Å². The van der Waals surface area contributed by atoms with Gasteiger partial charge in [-0.05, 0) is 32.4 Å². The molecule has 1 amide bonds. The van der Waals surface area contributed by atoms with Gasteiger partial charge in [-0.2, -0.15) is 0 Å². The number of hydrogen-bond acceptors (Lipinski definition) is 2. The Labute approximate surface area is 95.6 Å². The molecule has 0 bridgehead atoms. The molecule has 3 heteroatoms. The number of hydrogen-bond donors (Lipinski definition) is 1. The van der Waals surface area contributed by atoms with Crippen molar-refractivity contribution in [3.05, 3.63) is 29.3 Å². The fourth-order valence-electron chi connectivity index (χ4n) is 1.71. The molecule has 0 unspecified atom stereocenters. The molecule has 1 atom stereocenters. The summed E-state index contributed by atoms with van der Waals surface area (Å²) in [6, 6.07) is 6.12. The first-order chi connectivity index (χ1) is 7.61. The highest BCUT2D eigenvalue weighted by atomic mass is 16.2. The van der Waals surface area contributed by atoms with Crippen LogP contribution in [0.4, 0.5) is 5.69 Å². The van der Waals surface area contributed by atoms with Gasteiger partial charge in [0.25, 0.3) is 5.91 Å². The minimum absolute atomic E-state index is 0.0825. The average Bonchev–Trinajstić information content (AvgIpc) is 2.55. The lowest BCUT2D eigenvalue weighted by Crippen LogP contribution is -2.16. The van der Waals surface area contributed by atoms with Gasteiger partial charge in [-0.3, -0.25) is 9.79 Å². The van der Waals surface area contributed by atoms with Crippen LogP contribution in [0.15, 0.2) is 23.2 Å². The molecule has 84 valence electrons. The molecule has 0 fully saturated rings. The standard InChI is InChI=1S/C13H16N2O/c1-4-9(3)14-12-10-7-8(2)5-6-11(10)15-13(12)16/h5-7,9H,4H2,1-3H3,(H,14,15,16)/t9-/m1/s1. The van der Waals surface area contributed by atoms with E-state index in [9.17, 15) is 4.79 Å². The second-order valence-corrected chi connectivity index (χ2v) is 4.24. The Balaban J connectivity index is 2.46. The summed E-state index contributed by atoms with van der Waals surface area (Å²) in [6.45, 7) is 6.11. The van der Waals surface area contributed by atoms with E-state index in [1.54, 1.807) is 0 Å².